The largest absolute Gasteiger partial charge is 0.329 e. The highest BCUT2D eigenvalue weighted by Crippen LogP contribution is 2.23. The van der Waals surface area contributed by atoms with Crippen LogP contribution in [0.3, 0.4) is 0 Å². The fraction of sp³-hybridized carbons (Fsp3) is 0.500. The molecule has 2 heteroatoms. The first-order chi connectivity index (χ1) is 5.38. The van der Waals surface area contributed by atoms with Gasteiger partial charge in [-0.3, -0.25) is 4.79 Å². The van der Waals surface area contributed by atoms with Gasteiger partial charge in [0.15, 0.2) is 0 Å². The topological polar surface area (TPSA) is 29.1 Å². The van der Waals surface area contributed by atoms with E-state index in [0.717, 1.165) is 5.57 Å². The molecule has 1 N–H and O–H groups in total. The van der Waals surface area contributed by atoms with Crippen LogP contribution in [0.4, 0.5) is 0 Å². The number of hydrogen-bond acceptors (Lipinski definition) is 1. The van der Waals surface area contributed by atoms with Gasteiger partial charge in [-0.25, -0.2) is 0 Å². The van der Waals surface area contributed by atoms with Gasteiger partial charge in [-0.2, -0.15) is 0 Å². The molecule has 0 rings (SSSR count). The zero-order chi connectivity index (χ0) is 9.78. The van der Waals surface area contributed by atoms with Crippen LogP contribution in [0.2, 0.25) is 0 Å². The first-order valence-electron chi connectivity index (χ1n) is 3.98. The number of carbonyl (C=O) groups excluding carboxylic acids is 1. The number of carbonyl (C=O) groups is 1. The first kappa shape index (κ1) is 11.0. The number of rotatable bonds is 2. The van der Waals surface area contributed by atoms with Crippen molar-refractivity contribution in [3.8, 4) is 0 Å². The summed E-state index contributed by atoms with van der Waals surface area (Å²) in [6, 6.07) is 0. The molecule has 0 bridgehead atoms. The molecule has 0 heterocycles. The van der Waals surface area contributed by atoms with E-state index in [1.165, 1.54) is 6.08 Å². The van der Waals surface area contributed by atoms with Gasteiger partial charge >= 0.3 is 0 Å². The lowest BCUT2D eigenvalue weighted by molar-refractivity contribution is -0.115. The van der Waals surface area contributed by atoms with Crippen molar-refractivity contribution >= 4 is 5.91 Å². The van der Waals surface area contributed by atoms with Gasteiger partial charge < -0.3 is 5.32 Å². The Bertz CT molecular complexity index is 208. The summed E-state index contributed by atoms with van der Waals surface area (Å²) in [5.41, 5.74) is 1.24. The summed E-state index contributed by atoms with van der Waals surface area (Å²) in [6.45, 7) is 11.6. The average Bonchev–Trinajstić information content (AvgIpc) is 1.97. The normalized spacial score (nSPS) is 12.5. The zero-order valence-electron chi connectivity index (χ0n) is 8.27. The highest BCUT2D eigenvalue weighted by atomic mass is 16.1. The summed E-state index contributed by atoms with van der Waals surface area (Å²) in [4.78, 5) is 10.8. The third kappa shape index (κ3) is 3.96. The third-order valence-electron chi connectivity index (χ3n) is 1.80. The maximum atomic E-state index is 10.8. The van der Waals surface area contributed by atoms with Crippen LogP contribution >= 0.6 is 0 Å². The maximum Gasteiger partial charge on any atom is 0.247 e. The third-order valence-corrected chi connectivity index (χ3v) is 1.80. The van der Waals surface area contributed by atoms with Gasteiger partial charge in [0.05, 0.1) is 0 Å². The lowest BCUT2D eigenvalue weighted by Gasteiger charge is -2.19. The molecule has 68 valence electrons. The van der Waals surface area contributed by atoms with Gasteiger partial charge in [-0.15, -0.1) is 0 Å². The molecule has 0 saturated heterocycles. The van der Waals surface area contributed by atoms with Crippen molar-refractivity contribution in [3.05, 3.63) is 24.4 Å². The molecular formula is C10H17NO. The lowest BCUT2D eigenvalue weighted by Crippen LogP contribution is -2.17. The minimum Gasteiger partial charge on any atom is -0.329 e. The molecule has 0 aromatic rings. The van der Waals surface area contributed by atoms with Crippen LogP contribution in [0.25, 0.3) is 0 Å². The van der Waals surface area contributed by atoms with E-state index in [9.17, 15) is 4.79 Å². The van der Waals surface area contributed by atoms with Crippen molar-refractivity contribution in [2.45, 2.75) is 27.7 Å². The second-order valence-electron chi connectivity index (χ2n) is 3.79. The quantitative estimate of drug-likeness (QED) is 0.628. The van der Waals surface area contributed by atoms with E-state index < -0.39 is 0 Å². The first-order valence-corrected chi connectivity index (χ1v) is 3.98. The Kier molecular flexibility index (Phi) is 3.74. The number of hydrogen-bond donors (Lipinski definition) is 1. The van der Waals surface area contributed by atoms with E-state index in [4.69, 9.17) is 0 Å². The standard InChI is InChI=1S/C10H17NO/c1-6-9(12)11-7-8(2)10(3,4)5/h6-7H,1H2,2-5H3,(H,11,12)/b8-7+. The van der Waals surface area contributed by atoms with Crippen LogP contribution in [0, 0.1) is 5.41 Å². The molecule has 0 aliphatic rings. The van der Waals surface area contributed by atoms with E-state index >= 15 is 0 Å². The Morgan fingerprint density at radius 3 is 2.25 bits per heavy atom. The van der Waals surface area contributed by atoms with Crippen molar-refractivity contribution < 1.29 is 4.79 Å². The molecule has 1 amide bonds. The molecule has 12 heavy (non-hydrogen) atoms. The minimum atomic E-state index is -0.168. The van der Waals surface area contributed by atoms with Crippen LogP contribution in [0.15, 0.2) is 24.4 Å². The van der Waals surface area contributed by atoms with Crippen molar-refractivity contribution in [3.63, 3.8) is 0 Å². The summed E-state index contributed by atoms with van der Waals surface area (Å²) < 4.78 is 0. The summed E-state index contributed by atoms with van der Waals surface area (Å²) in [6.07, 6.45) is 2.98. The van der Waals surface area contributed by atoms with Gasteiger partial charge in [-0.05, 0) is 18.4 Å². The highest BCUT2D eigenvalue weighted by Gasteiger charge is 2.11. The Morgan fingerprint density at radius 1 is 1.42 bits per heavy atom. The molecule has 0 fully saturated rings. The van der Waals surface area contributed by atoms with E-state index in [-0.39, 0.29) is 11.3 Å². The van der Waals surface area contributed by atoms with Crippen LogP contribution in [-0.4, -0.2) is 5.91 Å². The molecule has 0 spiro atoms. The predicted octanol–water partition coefficient (Wildman–Crippen LogP) is 2.24. The van der Waals surface area contributed by atoms with E-state index in [0.29, 0.717) is 0 Å². The Morgan fingerprint density at radius 2 is 1.92 bits per heavy atom. The van der Waals surface area contributed by atoms with E-state index in [1.54, 1.807) is 6.20 Å². The van der Waals surface area contributed by atoms with Gasteiger partial charge in [-0.1, -0.05) is 32.9 Å². The molecule has 0 aromatic heterocycles. The second-order valence-corrected chi connectivity index (χ2v) is 3.79. The second kappa shape index (κ2) is 4.10. The van der Waals surface area contributed by atoms with Crippen LogP contribution in [-0.2, 0) is 4.79 Å². The zero-order valence-corrected chi connectivity index (χ0v) is 8.27. The smallest absolute Gasteiger partial charge is 0.247 e. The molecule has 0 atom stereocenters. The maximum absolute atomic E-state index is 10.8. The van der Waals surface area contributed by atoms with Crippen LogP contribution in [0.1, 0.15) is 27.7 Å². The summed E-state index contributed by atoms with van der Waals surface area (Å²) in [7, 11) is 0. The van der Waals surface area contributed by atoms with Crippen molar-refractivity contribution in [1.82, 2.24) is 5.32 Å². The molecule has 0 saturated carbocycles. The van der Waals surface area contributed by atoms with Gasteiger partial charge in [0.1, 0.15) is 0 Å². The van der Waals surface area contributed by atoms with E-state index in [2.05, 4.69) is 32.7 Å². The molecule has 0 aliphatic carbocycles. The monoisotopic (exact) mass is 167 g/mol. The van der Waals surface area contributed by atoms with E-state index in [1.807, 2.05) is 6.92 Å². The fourth-order valence-electron chi connectivity index (χ4n) is 0.455. The Hall–Kier alpha value is -1.05. The minimum absolute atomic E-state index is 0.106. The molecule has 0 unspecified atom stereocenters. The Balaban J connectivity index is 4.20. The van der Waals surface area contributed by atoms with Crippen LogP contribution in [0.5, 0.6) is 0 Å². The fourth-order valence-corrected chi connectivity index (χ4v) is 0.455. The molecule has 0 aliphatic heterocycles. The van der Waals surface area contributed by atoms with Gasteiger partial charge in [0, 0.05) is 6.20 Å². The summed E-state index contributed by atoms with van der Waals surface area (Å²) >= 11 is 0. The summed E-state index contributed by atoms with van der Waals surface area (Å²) in [5, 5.41) is 2.62. The van der Waals surface area contributed by atoms with Crippen LogP contribution < -0.4 is 5.32 Å². The molecule has 0 radical (unpaired) electrons. The predicted molar refractivity (Wildman–Crippen MR) is 51.6 cm³/mol. The number of allylic oxidation sites excluding steroid dienone is 1. The summed E-state index contributed by atoms with van der Waals surface area (Å²) in [5.74, 6) is -0.168. The molecular weight excluding hydrogens is 150 g/mol. The Labute approximate surface area is 74.4 Å². The van der Waals surface area contributed by atoms with Crippen molar-refractivity contribution in [1.29, 1.82) is 0 Å². The average molecular weight is 167 g/mol. The lowest BCUT2D eigenvalue weighted by atomic mass is 9.88. The number of nitrogens with one attached hydrogen (secondary N) is 1. The highest BCUT2D eigenvalue weighted by molar-refractivity contribution is 5.87. The number of amides is 1. The SMILES string of the molecule is C=CC(=O)N/C=C(\C)C(C)(C)C. The molecule has 0 aromatic carbocycles. The van der Waals surface area contributed by atoms with Crippen molar-refractivity contribution in [2.24, 2.45) is 5.41 Å². The van der Waals surface area contributed by atoms with Crippen molar-refractivity contribution in [2.75, 3.05) is 0 Å². The van der Waals surface area contributed by atoms with Gasteiger partial charge in [0.2, 0.25) is 5.91 Å². The van der Waals surface area contributed by atoms with Gasteiger partial charge in [0.25, 0.3) is 0 Å². The molecule has 2 nitrogen and oxygen atoms in total.